The first-order valence-electron chi connectivity index (χ1n) is 7.98. The molecule has 0 unspecified atom stereocenters. The third kappa shape index (κ3) is 4.38. The topological polar surface area (TPSA) is 77.3 Å². The van der Waals surface area contributed by atoms with Crippen molar-refractivity contribution in [1.29, 1.82) is 0 Å². The molecule has 1 fully saturated rings. The maximum Gasteiger partial charge on any atom is 0.404 e. The molecule has 0 N–H and O–H groups in total. The van der Waals surface area contributed by atoms with Crippen LogP contribution in [-0.4, -0.2) is 59.3 Å². The Hall–Kier alpha value is -2.21. The molecule has 12 heteroatoms. The number of aromatic nitrogens is 3. The normalized spacial score (nSPS) is 16.3. The number of halogens is 4. The van der Waals surface area contributed by atoms with Gasteiger partial charge in [-0.05, 0) is 25.1 Å². The lowest BCUT2D eigenvalue weighted by Crippen LogP contribution is -2.52. The van der Waals surface area contributed by atoms with Crippen molar-refractivity contribution in [2.75, 3.05) is 25.4 Å². The number of hydrogen-bond donors (Lipinski definition) is 0. The van der Waals surface area contributed by atoms with Crippen LogP contribution in [0.4, 0.5) is 17.6 Å². The van der Waals surface area contributed by atoms with Crippen LogP contribution in [-0.2, 0) is 10.0 Å². The van der Waals surface area contributed by atoms with Crippen LogP contribution in [0.3, 0.4) is 0 Å². The number of sulfonamides is 1. The minimum absolute atomic E-state index is 0.109. The number of nitrogens with zero attached hydrogens (tertiary/aromatic N) is 4. The summed E-state index contributed by atoms with van der Waals surface area (Å²) < 4.78 is 81.5. The zero-order valence-corrected chi connectivity index (χ0v) is 15.0. The lowest BCUT2D eigenvalue weighted by molar-refractivity contribution is -0.107. The largest absolute Gasteiger partial charge is 0.491 e. The molecule has 2 aromatic rings. The molecule has 1 aliphatic rings. The maximum absolute atomic E-state index is 13.9. The van der Waals surface area contributed by atoms with E-state index >= 15 is 0 Å². The summed E-state index contributed by atoms with van der Waals surface area (Å²) in [6.07, 6.45) is -3.30. The molecule has 0 radical (unpaired) electrons. The number of benzene rings is 1. The molecule has 3 rings (SSSR count). The second-order valence-electron chi connectivity index (χ2n) is 6.00. The molecule has 0 spiro atoms. The van der Waals surface area contributed by atoms with Crippen molar-refractivity contribution >= 4 is 10.0 Å². The Morgan fingerprint density at radius 1 is 1.30 bits per heavy atom. The fourth-order valence-corrected chi connectivity index (χ4v) is 4.02. The van der Waals surface area contributed by atoms with Crippen LogP contribution in [0.1, 0.15) is 13.0 Å². The molecule has 2 heterocycles. The lowest BCUT2D eigenvalue weighted by Gasteiger charge is -2.37. The Morgan fingerprint density at radius 3 is 2.59 bits per heavy atom. The third-order valence-corrected chi connectivity index (χ3v) is 5.76. The maximum atomic E-state index is 13.9. The van der Waals surface area contributed by atoms with Crippen LogP contribution in [0.5, 0.6) is 5.75 Å². The van der Waals surface area contributed by atoms with Crippen LogP contribution < -0.4 is 4.74 Å². The first-order valence-corrected chi connectivity index (χ1v) is 9.59. The fourth-order valence-electron chi connectivity index (χ4n) is 2.63. The average molecular weight is 408 g/mol. The Bertz CT molecular complexity index is 923. The highest BCUT2D eigenvalue weighted by Gasteiger charge is 2.44. The summed E-state index contributed by atoms with van der Waals surface area (Å²) in [4.78, 5) is 0. The van der Waals surface area contributed by atoms with Gasteiger partial charge in [-0.15, -0.1) is 5.10 Å². The van der Waals surface area contributed by atoms with Gasteiger partial charge in [-0.25, -0.2) is 17.5 Å². The van der Waals surface area contributed by atoms with E-state index in [9.17, 15) is 26.0 Å². The molecule has 0 aliphatic carbocycles. The van der Waals surface area contributed by atoms with Crippen LogP contribution >= 0.6 is 0 Å². The van der Waals surface area contributed by atoms with Gasteiger partial charge in [0.25, 0.3) is 0 Å². The highest BCUT2D eigenvalue weighted by Crippen LogP contribution is 2.29. The number of rotatable bonds is 6. The van der Waals surface area contributed by atoms with E-state index in [1.807, 2.05) is 0 Å². The van der Waals surface area contributed by atoms with Crippen molar-refractivity contribution in [2.45, 2.75) is 19.1 Å². The molecule has 0 amide bonds. The highest BCUT2D eigenvalue weighted by atomic mass is 32.2. The van der Waals surface area contributed by atoms with Gasteiger partial charge < -0.3 is 4.74 Å². The van der Waals surface area contributed by atoms with Crippen molar-refractivity contribution in [3.63, 3.8) is 0 Å². The van der Waals surface area contributed by atoms with Crippen molar-refractivity contribution < 1.29 is 30.7 Å². The van der Waals surface area contributed by atoms with E-state index in [1.54, 1.807) is 13.0 Å². The molecule has 148 valence electrons. The van der Waals surface area contributed by atoms with E-state index in [2.05, 4.69) is 10.3 Å². The summed E-state index contributed by atoms with van der Waals surface area (Å²) in [5.74, 6) is -2.34. The molecule has 1 saturated heterocycles. The van der Waals surface area contributed by atoms with E-state index in [4.69, 9.17) is 4.74 Å². The van der Waals surface area contributed by atoms with Crippen molar-refractivity contribution in [3.05, 3.63) is 30.2 Å². The van der Waals surface area contributed by atoms with E-state index in [0.29, 0.717) is 17.9 Å². The van der Waals surface area contributed by atoms with Gasteiger partial charge in [-0.2, -0.15) is 17.5 Å². The highest BCUT2D eigenvalue weighted by molar-refractivity contribution is 7.89. The monoisotopic (exact) mass is 408 g/mol. The SMILES string of the molecule is CCOc1ccc(-c2cn(C3CN(S(=O)(=O)CC(F)(F)F)C3)nn2)cc1F. The minimum atomic E-state index is -4.79. The van der Waals surface area contributed by atoms with Gasteiger partial charge in [0.15, 0.2) is 17.3 Å². The number of ether oxygens (including phenoxy) is 1. The first-order chi connectivity index (χ1) is 12.6. The first kappa shape index (κ1) is 19.5. The molecule has 0 atom stereocenters. The van der Waals surface area contributed by atoms with Gasteiger partial charge in [-0.3, -0.25) is 0 Å². The Morgan fingerprint density at radius 2 is 2.00 bits per heavy atom. The second-order valence-corrected chi connectivity index (χ2v) is 7.97. The van der Waals surface area contributed by atoms with Gasteiger partial charge in [0.2, 0.25) is 10.0 Å². The zero-order chi connectivity index (χ0) is 19.8. The second kappa shape index (κ2) is 7.08. The van der Waals surface area contributed by atoms with Gasteiger partial charge in [0.1, 0.15) is 5.69 Å². The third-order valence-electron chi connectivity index (χ3n) is 3.98. The molecule has 1 aromatic heterocycles. The smallest absolute Gasteiger partial charge is 0.404 e. The average Bonchev–Trinajstić information content (AvgIpc) is 2.94. The van der Waals surface area contributed by atoms with Crippen LogP contribution in [0, 0.1) is 5.82 Å². The zero-order valence-electron chi connectivity index (χ0n) is 14.1. The standard InChI is InChI=1S/C15H16F4N4O3S/c1-2-26-14-4-3-10(5-12(14)16)13-8-23(21-20-13)11-6-22(7-11)27(24,25)9-15(17,18)19/h3-5,8,11H,2,6-7,9H2,1H3. The molecular weight excluding hydrogens is 392 g/mol. The summed E-state index contributed by atoms with van der Waals surface area (Å²) in [5.41, 5.74) is 0.802. The van der Waals surface area contributed by atoms with E-state index in [1.165, 1.54) is 23.0 Å². The van der Waals surface area contributed by atoms with Crippen LogP contribution in [0.15, 0.2) is 24.4 Å². The van der Waals surface area contributed by atoms with Gasteiger partial charge in [0, 0.05) is 18.7 Å². The molecule has 27 heavy (non-hydrogen) atoms. The van der Waals surface area contributed by atoms with Crippen LogP contribution in [0.25, 0.3) is 11.3 Å². The summed E-state index contributed by atoms with van der Waals surface area (Å²) in [6, 6.07) is 3.87. The number of alkyl halides is 3. The Labute approximate surface area is 152 Å². The molecule has 0 saturated carbocycles. The van der Waals surface area contributed by atoms with Crippen LogP contribution in [0.2, 0.25) is 0 Å². The van der Waals surface area contributed by atoms with Crippen molar-refractivity contribution in [1.82, 2.24) is 19.3 Å². The predicted octanol–water partition coefficient (Wildman–Crippen LogP) is 2.23. The lowest BCUT2D eigenvalue weighted by atomic mass is 10.1. The molecule has 7 nitrogen and oxygen atoms in total. The summed E-state index contributed by atoms with van der Waals surface area (Å²) in [6.45, 7) is 1.80. The Balaban J connectivity index is 1.67. The van der Waals surface area contributed by atoms with Gasteiger partial charge in [0.05, 0.1) is 18.8 Å². The fraction of sp³-hybridized carbons (Fsp3) is 0.467. The number of hydrogen-bond acceptors (Lipinski definition) is 5. The van der Waals surface area contributed by atoms with Crippen molar-refractivity contribution in [3.8, 4) is 17.0 Å². The van der Waals surface area contributed by atoms with E-state index in [-0.39, 0.29) is 18.8 Å². The summed E-state index contributed by atoms with van der Waals surface area (Å²) in [5, 5.41) is 7.77. The van der Waals surface area contributed by atoms with Crippen molar-refractivity contribution in [2.24, 2.45) is 0 Å². The quantitative estimate of drug-likeness (QED) is 0.685. The predicted molar refractivity (Wildman–Crippen MR) is 87.0 cm³/mol. The molecular formula is C15H16F4N4O3S. The van der Waals surface area contributed by atoms with Gasteiger partial charge in [-0.1, -0.05) is 5.21 Å². The van der Waals surface area contributed by atoms with E-state index in [0.717, 1.165) is 4.31 Å². The molecule has 1 aliphatic heterocycles. The minimum Gasteiger partial charge on any atom is -0.491 e. The summed E-state index contributed by atoms with van der Waals surface area (Å²) in [7, 11) is -4.40. The van der Waals surface area contributed by atoms with E-state index < -0.39 is 33.8 Å². The summed E-state index contributed by atoms with van der Waals surface area (Å²) >= 11 is 0. The molecule has 1 aromatic carbocycles. The van der Waals surface area contributed by atoms with Gasteiger partial charge >= 0.3 is 6.18 Å². The Kier molecular flexibility index (Phi) is 5.12. The molecule has 0 bridgehead atoms.